The molecule has 0 fully saturated rings. The summed E-state index contributed by atoms with van der Waals surface area (Å²) in [6, 6.07) is 0. The number of carbonyl (C=O) groups is 3. The van der Waals surface area contributed by atoms with Gasteiger partial charge in [-0.1, -0.05) is 0 Å². The molecule has 0 saturated heterocycles. The van der Waals surface area contributed by atoms with Crippen LogP contribution in [0, 0.1) is 0 Å². The molecule has 1 aliphatic rings. The minimum absolute atomic E-state index is 0.102. The normalized spacial score (nSPS) is 25.5. The Labute approximate surface area is 110 Å². The summed E-state index contributed by atoms with van der Waals surface area (Å²) in [5, 5.41) is 0. The molecule has 0 bridgehead atoms. The number of rotatable bonds is 4. The molecule has 19 heavy (non-hydrogen) atoms. The van der Waals surface area contributed by atoms with Crippen molar-refractivity contribution in [2.45, 2.75) is 39.3 Å². The third-order valence-corrected chi connectivity index (χ3v) is 2.17. The minimum Gasteiger partial charge on any atom is -0.463 e. The molecule has 1 aliphatic heterocycles. The van der Waals surface area contributed by atoms with Crippen LogP contribution in [-0.4, -0.2) is 43.0 Å². The summed E-state index contributed by atoms with van der Waals surface area (Å²) in [5.74, 6) is -1.48. The van der Waals surface area contributed by atoms with Crippen molar-refractivity contribution in [2.24, 2.45) is 0 Å². The van der Waals surface area contributed by atoms with E-state index >= 15 is 0 Å². The van der Waals surface area contributed by atoms with Crippen LogP contribution < -0.4 is 0 Å². The number of esters is 3. The lowest BCUT2D eigenvalue weighted by Crippen LogP contribution is -2.42. The summed E-state index contributed by atoms with van der Waals surface area (Å²) in [4.78, 5) is 32.6. The number of ether oxygens (including phenoxy) is 4. The summed E-state index contributed by atoms with van der Waals surface area (Å²) in [5.41, 5.74) is 0. The molecule has 3 atom stereocenters. The first kappa shape index (κ1) is 15.2. The summed E-state index contributed by atoms with van der Waals surface area (Å²) < 4.78 is 20.1. The van der Waals surface area contributed by atoms with E-state index < -0.39 is 36.4 Å². The SMILES string of the molecule is CC(=O)OC[C@H]1O[C@H](OC(C)=O)C=C[C@H]1OC(C)=O. The Morgan fingerprint density at radius 3 is 2.16 bits per heavy atom. The van der Waals surface area contributed by atoms with Crippen molar-refractivity contribution in [3.63, 3.8) is 0 Å². The number of carbonyl (C=O) groups excluding carboxylic acids is 3. The van der Waals surface area contributed by atoms with Crippen LogP contribution in [0.4, 0.5) is 0 Å². The first-order chi connectivity index (χ1) is 8.88. The lowest BCUT2D eigenvalue weighted by atomic mass is 10.1. The predicted molar refractivity (Wildman–Crippen MR) is 61.8 cm³/mol. The van der Waals surface area contributed by atoms with Crippen molar-refractivity contribution in [3.05, 3.63) is 12.2 Å². The van der Waals surface area contributed by atoms with E-state index in [0.717, 1.165) is 0 Å². The van der Waals surface area contributed by atoms with Crippen LogP contribution in [-0.2, 0) is 33.3 Å². The second-order valence-electron chi connectivity index (χ2n) is 3.91. The molecule has 0 aromatic heterocycles. The molecule has 0 aliphatic carbocycles. The highest BCUT2D eigenvalue weighted by Crippen LogP contribution is 2.18. The van der Waals surface area contributed by atoms with Crippen LogP contribution in [0.5, 0.6) is 0 Å². The van der Waals surface area contributed by atoms with Gasteiger partial charge in [0.05, 0.1) is 0 Å². The van der Waals surface area contributed by atoms with Gasteiger partial charge in [0.15, 0.2) is 0 Å². The fourth-order valence-electron chi connectivity index (χ4n) is 1.49. The number of hydrogen-bond donors (Lipinski definition) is 0. The van der Waals surface area contributed by atoms with E-state index in [2.05, 4.69) is 0 Å². The summed E-state index contributed by atoms with van der Waals surface area (Å²) in [7, 11) is 0. The molecule has 1 rings (SSSR count). The molecule has 0 radical (unpaired) electrons. The molecule has 106 valence electrons. The molecule has 7 heteroatoms. The maximum Gasteiger partial charge on any atom is 0.305 e. The van der Waals surface area contributed by atoms with Gasteiger partial charge in [-0.2, -0.15) is 0 Å². The van der Waals surface area contributed by atoms with Gasteiger partial charge >= 0.3 is 17.9 Å². The zero-order valence-corrected chi connectivity index (χ0v) is 11.0. The lowest BCUT2D eigenvalue weighted by molar-refractivity contribution is -0.201. The van der Waals surface area contributed by atoms with Crippen molar-refractivity contribution in [1.82, 2.24) is 0 Å². The zero-order valence-electron chi connectivity index (χ0n) is 11.0. The van der Waals surface area contributed by atoms with Gasteiger partial charge in [0.1, 0.15) is 18.8 Å². The standard InChI is InChI=1S/C12H16O7/c1-7(13)16-6-11-10(17-8(2)14)4-5-12(19-11)18-9(3)15/h4-5,10-12H,6H2,1-3H3/t10-,11-,12+/m1/s1. The van der Waals surface area contributed by atoms with E-state index in [-0.39, 0.29) is 6.61 Å². The third kappa shape index (κ3) is 5.52. The van der Waals surface area contributed by atoms with Crippen LogP contribution in [0.15, 0.2) is 12.2 Å². The average molecular weight is 272 g/mol. The average Bonchev–Trinajstić information content (AvgIpc) is 2.27. The second kappa shape index (κ2) is 6.89. The Bertz CT molecular complexity index is 388. The van der Waals surface area contributed by atoms with Crippen molar-refractivity contribution in [1.29, 1.82) is 0 Å². The van der Waals surface area contributed by atoms with E-state index in [0.29, 0.717) is 0 Å². The number of hydrogen-bond acceptors (Lipinski definition) is 7. The Morgan fingerprint density at radius 1 is 1.00 bits per heavy atom. The molecule has 0 amide bonds. The fraction of sp³-hybridized carbons (Fsp3) is 0.583. The Morgan fingerprint density at radius 2 is 1.63 bits per heavy atom. The first-order valence-corrected chi connectivity index (χ1v) is 5.70. The van der Waals surface area contributed by atoms with E-state index in [1.54, 1.807) is 0 Å². The first-order valence-electron chi connectivity index (χ1n) is 5.70. The van der Waals surface area contributed by atoms with Gasteiger partial charge in [-0.05, 0) is 12.2 Å². The van der Waals surface area contributed by atoms with Gasteiger partial charge in [0.25, 0.3) is 0 Å². The van der Waals surface area contributed by atoms with Crippen LogP contribution in [0.3, 0.4) is 0 Å². The molecule has 7 nitrogen and oxygen atoms in total. The van der Waals surface area contributed by atoms with Crippen LogP contribution in [0.1, 0.15) is 20.8 Å². The summed E-state index contributed by atoms with van der Waals surface area (Å²) in [6.45, 7) is 3.66. The third-order valence-electron chi connectivity index (χ3n) is 2.17. The smallest absolute Gasteiger partial charge is 0.305 e. The van der Waals surface area contributed by atoms with Crippen LogP contribution >= 0.6 is 0 Å². The molecule has 1 heterocycles. The molecule has 0 spiro atoms. The Hall–Kier alpha value is -1.89. The quantitative estimate of drug-likeness (QED) is 0.414. The summed E-state index contributed by atoms with van der Waals surface area (Å²) >= 11 is 0. The van der Waals surface area contributed by atoms with E-state index in [9.17, 15) is 14.4 Å². The summed E-state index contributed by atoms with van der Waals surface area (Å²) in [6.07, 6.45) is 0.696. The Kier molecular flexibility index (Phi) is 5.50. The van der Waals surface area contributed by atoms with Crippen LogP contribution in [0.2, 0.25) is 0 Å². The minimum atomic E-state index is -0.884. The Balaban J connectivity index is 2.68. The van der Waals surface area contributed by atoms with Crippen molar-refractivity contribution in [2.75, 3.05) is 6.61 Å². The van der Waals surface area contributed by atoms with E-state index in [1.807, 2.05) is 0 Å². The van der Waals surface area contributed by atoms with Crippen molar-refractivity contribution >= 4 is 17.9 Å². The molecule has 0 aromatic carbocycles. The predicted octanol–water partition coefficient (Wildman–Crippen LogP) is 0.325. The maximum absolute atomic E-state index is 11.0. The molecule has 0 unspecified atom stereocenters. The van der Waals surface area contributed by atoms with Crippen molar-refractivity contribution in [3.8, 4) is 0 Å². The highest BCUT2D eigenvalue weighted by atomic mass is 16.7. The second-order valence-corrected chi connectivity index (χ2v) is 3.91. The molecular formula is C12H16O7. The van der Waals surface area contributed by atoms with Gasteiger partial charge in [-0.15, -0.1) is 0 Å². The zero-order chi connectivity index (χ0) is 14.4. The highest BCUT2D eigenvalue weighted by Gasteiger charge is 2.31. The molecule has 0 aromatic rings. The molecule has 0 N–H and O–H groups in total. The van der Waals surface area contributed by atoms with Crippen LogP contribution in [0.25, 0.3) is 0 Å². The topological polar surface area (TPSA) is 88.1 Å². The molecular weight excluding hydrogens is 256 g/mol. The lowest BCUT2D eigenvalue weighted by Gasteiger charge is -2.30. The fourth-order valence-corrected chi connectivity index (χ4v) is 1.49. The van der Waals surface area contributed by atoms with Gasteiger partial charge in [0, 0.05) is 20.8 Å². The maximum atomic E-state index is 11.0. The van der Waals surface area contributed by atoms with Gasteiger partial charge in [0.2, 0.25) is 6.29 Å². The highest BCUT2D eigenvalue weighted by molar-refractivity contribution is 5.67. The van der Waals surface area contributed by atoms with Gasteiger partial charge in [-0.3, -0.25) is 14.4 Å². The largest absolute Gasteiger partial charge is 0.463 e. The van der Waals surface area contributed by atoms with Gasteiger partial charge in [-0.25, -0.2) is 0 Å². The van der Waals surface area contributed by atoms with Gasteiger partial charge < -0.3 is 18.9 Å². The monoisotopic (exact) mass is 272 g/mol. The van der Waals surface area contributed by atoms with Crippen molar-refractivity contribution < 1.29 is 33.3 Å². The van der Waals surface area contributed by atoms with E-state index in [1.165, 1.54) is 32.9 Å². The molecule has 0 saturated carbocycles. The van der Waals surface area contributed by atoms with E-state index in [4.69, 9.17) is 18.9 Å².